The van der Waals surface area contributed by atoms with E-state index in [0.29, 0.717) is 6.04 Å². The number of rotatable bonds is 1. The summed E-state index contributed by atoms with van der Waals surface area (Å²) in [5.41, 5.74) is 6.91. The molecule has 0 bridgehead atoms. The van der Waals surface area contributed by atoms with Crippen LogP contribution in [0, 0.1) is 0 Å². The molecule has 4 heteroatoms. The normalized spacial score (nSPS) is 20.2. The minimum Gasteiger partial charge on any atom is -0.357 e. The first-order valence-electron chi connectivity index (χ1n) is 4.45. The number of nitrogens with one attached hydrogen (secondary N) is 1. The predicted molar refractivity (Wildman–Crippen MR) is 53.0 cm³/mol. The molecule has 0 saturated heterocycles. The number of nitrogens with zero attached hydrogens (tertiary/aromatic N) is 2. The minimum atomic E-state index is -0.118. The van der Waals surface area contributed by atoms with Gasteiger partial charge in [-0.15, -0.1) is 0 Å². The highest BCUT2D eigenvalue weighted by atomic mass is 15.2. The Morgan fingerprint density at radius 2 is 2.38 bits per heavy atom. The fourth-order valence-corrected chi connectivity index (χ4v) is 1.52. The van der Waals surface area contributed by atoms with E-state index in [2.05, 4.69) is 28.7 Å². The van der Waals surface area contributed by atoms with Crippen LogP contribution in [0.1, 0.15) is 31.6 Å². The number of hydrogen-bond donors (Lipinski definition) is 2. The first-order chi connectivity index (χ1) is 6.20. The monoisotopic (exact) mass is 178 g/mol. The van der Waals surface area contributed by atoms with Gasteiger partial charge < -0.3 is 15.6 Å². The number of hydrogen-bond acceptors (Lipinski definition) is 3. The van der Waals surface area contributed by atoms with Crippen LogP contribution in [0.25, 0.3) is 0 Å². The molecule has 1 aliphatic rings. The van der Waals surface area contributed by atoms with Crippen LogP contribution in [0.3, 0.4) is 0 Å². The van der Waals surface area contributed by atoms with Gasteiger partial charge in [-0.3, -0.25) is 0 Å². The van der Waals surface area contributed by atoms with E-state index in [4.69, 9.17) is 5.73 Å². The standard InChI is InChI=1S/C9H14N4/c1-6(2)13-4-3-7-8(10)11-5-12-9(7)13/h3-6,8H,10H2,1-2H3,(H,11,12). The van der Waals surface area contributed by atoms with Crippen molar-refractivity contribution in [2.75, 3.05) is 0 Å². The van der Waals surface area contributed by atoms with Gasteiger partial charge in [-0.2, -0.15) is 0 Å². The lowest BCUT2D eigenvalue weighted by molar-refractivity contribution is 0.597. The largest absolute Gasteiger partial charge is 0.357 e. The van der Waals surface area contributed by atoms with Gasteiger partial charge in [0, 0.05) is 17.8 Å². The molecule has 0 aliphatic carbocycles. The number of aliphatic imine (C=N–C) groups is 1. The summed E-state index contributed by atoms with van der Waals surface area (Å²) in [5.74, 6) is 0.973. The summed E-state index contributed by atoms with van der Waals surface area (Å²) < 4.78 is 2.12. The lowest BCUT2D eigenvalue weighted by Gasteiger charge is -2.18. The summed E-state index contributed by atoms with van der Waals surface area (Å²) in [5, 5.41) is 2.96. The van der Waals surface area contributed by atoms with Crippen molar-refractivity contribution in [1.29, 1.82) is 0 Å². The van der Waals surface area contributed by atoms with Crippen molar-refractivity contribution >= 4 is 12.2 Å². The molecular weight excluding hydrogens is 164 g/mol. The molecule has 0 amide bonds. The van der Waals surface area contributed by atoms with E-state index in [1.54, 1.807) is 6.34 Å². The van der Waals surface area contributed by atoms with Crippen LogP contribution < -0.4 is 11.1 Å². The molecule has 0 spiro atoms. The lowest BCUT2D eigenvalue weighted by Crippen LogP contribution is -2.29. The van der Waals surface area contributed by atoms with E-state index in [-0.39, 0.29) is 6.17 Å². The number of nitrogens with two attached hydrogens (primary N) is 1. The third-order valence-corrected chi connectivity index (χ3v) is 2.25. The van der Waals surface area contributed by atoms with Crippen LogP contribution in [0.15, 0.2) is 17.3 Å². The van der Waals surface area contributed by atoms with Gasteiger partial charge in [0.25, 0.3) is 0 Å². The predicted octanol–water partition coefficient (Wildman–Crippen LogP) is 1.29. The first kappa shape index (κ1) is 8.31. The smallest absolute Gasteiger partial charge is 0.141 e. The molecule has 3 N–H and O–H groups in total. The number of fused-ring (bicyclic) bond motifs is 1. The molecule has 1 unspecified atom stereocenters. The lowest BCUT2D eigenvalue weighted by atomic mass is 10.2. The van der Waals surface area contributed by atoms with Crippen LogP contribution in [0.2, 0.25) is 0 Å². The first-order valence-corrected chi connectivity index (χ1v) is 4.45. The van der Waals surface area contributed by atoms with Crippen LogP contribution in [0.5, 0.6) is 0 Å². The highest BCUT2D eigenvalue weighted by Crippen LogP contribution is 2.29. The van der Waals surface area contributed by atoms with Crippen molar-refractivity contribution in [3.63, 3.8) is 0 Å². The number of aromatic nitrogens is 1. The molecule has 0 radical (unpaired) electrons. The van der Waals surface area contributed by atoms with E-state index in [1.165, 1.54) is 0 Å². The van der Waals surface area contributed by atoms with Gasteiger partial charge in [0.2, 0.25) is 0 Å². The summed E-state index contributed by atoms with van der Waals surface area (Å²) in [7, 11) is 0. The van der Waals surface area contributed by atoms with Gasteiger partial charge in [-0.05, 0) is 19.9 Å². The Kier molecular flexibility index (Phi) is 1.84. The molecule has 1 aromatic heterocycles. The molecular formula is C9H14N4. The van der Waals surface area contributed by atoms with Crippen LogP contribution in [-0.2, 0) is 0 Å². The second-order valence-corrected chi connectivity index (χ2v) is 3.50. The highest BCUT2D eigenvalue weighted by molar-refractivity contribution is 5.66. The van der Waals surface area contributed by atoms with Crippen molar-refractivity contribution in [2.24, 2.45) is 10.7 Å². The summed E-state index contributed by atoms with van der Waals surface area (Å²) in [6.45, 7) is 4.26. The Balaban J connectivity index is 2.49. The van der Waals surface area contributed by atoms with Crippen molar-refractivity contribution in [3.8, 4) is 0 Å². The molecule has 1 aromatic rings. The third-order valence-electron chi connectivity index (χ3n) is 2.25. The van der Waals surface area contributed by atoms with Gasteiger partial charge in [0.15, 0.2) is 0 Å². The van der Waals surface area contributed by atoms with Gasteiger partial charge in [-0.25, -0.2) is 4.99 Å². The van der Waals surface area contributed by atoms with E-state index in [1.807, 2.05) is 12.3 Å². The molecule has 0 aromatic carbocycles. The third kappa shape index (κ3) is 1.23. The molecule has 0 saturated carbocycles. The summed E-state index contributed by atoms with van der Waals surface area (Å²) >= 11 is 0. The quantitative estimate of drug-likeness (QED) is 0.680. The fourth-order valence-electron chi connectivity index (χ4n) is 1.52. The van der Waals surface area contributed by atoms with Crippen molar-refractivity contribution < 1.29 is 0 Å². The maximum Gasteiger partial charge on any atom is 0.141 e. The van der Waals surface area contributed by atoms with Crippen molar-refractivity contribution in [2.45, 2.75) is 26.1 Å². The zero-order chi connectivity index (χ0) is 9.42. The van der Waals surface area contributed by atoms with Gasteiger partial charge in [0.05, 0.1) is 6.34 Å². The second-order valence-electron chi connectivity index (χ2n) is 3.50. The van der Waals surface area contributed by atoms with Gasteiger partial charge in [-0.1, -0.05) is 0 Å². The average molecular weight is 178 g/mol. The summed E-state index contributed by atoms with van der Waals surface area (Å²) in [6.07, 6.45) is 3.57. The Bertz CT molecular complexity index is 337. The molecule has 2 heterocycles. The molecule has 4 nitrogen and oxygen atoms in total. The summed E-state index contributed by atoms with van der Waals surface area (Å²) in [4.78, 5) is 4.27. The van der Waals surface area contributed by atoms with E-state index < -0.39 is 0 Å². The maximum atomic E-state index is 5.84. The Hall–Kier alpha value is -1.29. The highest BCUT2D eigenvalue weighted by Gasteiger charge is 2.17. The molecule has 70 valence electrons. The molecule has 13 heavy (non-hydrogen) atoms. The molecule has 2 rings (SSSR count). The molecule has 0 fully saturated rings. The van der Waals surface area contributed by atoms with Crippen molar-refractivity contribution in [3.05, 3.63) is 17.8 Å². The maximum absolute atomic E-state index is 5.84. The van der Waals surface area contributed by atoms with Gasteiger partial charge >= 0.3 is 0 Å². The topological polar surface area (TPSA) is 55.3 Å². The Morgan fingerprint density at radius 1 is 1.62 bits per heavy atom. The van der Waals surface area contributed by atoms with Gasteiger partial charge in [0.1, 0.15) is 12.0 Å². The minimum absolute atomic E-state index is 0.118. The van der Waals surface area contributed by atoms with E-state index in [9.17, 15) is 0 Å². The van der Waals surface area contributed by atoms with Crippen LogP contribution in [0.4, 0.5) is 5.82 Å². The Morgan fingerprint density at radius 3 is 3.08 bits per heavy atom. The SMILES string of the molecule is CC(C)n1ccc2c1N=CNC2N. The Labute approximate surface area is 77.5 Å². The zero-order valence-corrected chi connectivity index (χ0v) is 7.86. The second kappa shape index (κ2) is 2.88. The zero-order valence-electron chi connectivity index (χ0n) is 7.86. The summed E-state index contributed by atoms with van der Waals surface area (Å²) in [6, 6.07) is 2.44. The van der Waals surface area contributed by atoms with Crippen molar-refractivity contribution in [1.82, 2.24) is 9.88 Å². The van der Waals surface area contributed by atoms with Crippen LogP contribution in [-0.4, -0.2) is 10.9 Å². The van der Waals surface area contributed by atoms with Crippen LogP contribution >= 0.6 is 0 Å². The van der Waals surface area contributed by atoms with E-state index in [0.717, 1.165) is 11.4 Å². The fraction of sp³-hybridized carbons (Fsp3) is 0.444. The molecule has 1 atom stereocenters. The molecule has 1 aliphatic heterocycles. The van der Waals surface area contributed by atoms with E-state index >= 15 is 0 Å². The average Bonchev–Trinajstić information content (AvgIpc) is 2.48.